The van der Waals surface area contributed by atoms with Gasteiger partial charge in [0.25, 0.3) is 0 Å². The summed E-state index contributed by atoms with van der Waals surface area (Å²) in [5, 5.41) is 7.27. The first-order valence-electron chi connectivity index (χ1n) is 4.76. The van der Waals surface area contributed by atoms with Crippen molar-refractivity contribution < 1.29 is 14.6 Å². The molecular formula is C10H18NO3+. The summed E-state index contributed by atoms with van der Waals surface area (Å²) in [7, 11) is 0. The zero-order valence-corrected chi connectivity index (χ0v) is 8.91. The molecule has 14 heavy (non-hydrogen) atoms. The molecule has 1 aliphatic rings. The lowest BCUT2D eigenvalue weighted by Gasteiger charge is -2.25. The van der Waals surface area contributed by atoms with E-state index in [1.165, 1.54) is 4.90 Å². The number of hydrogen-bond acceptors (Lipinski definition) is 2. The molecule has 0 radical (unpaired) electrons. The topological polar surface area (TPSA) is 52.4 Å². The molecular weight excluding hydrogens is 182 g/mol. The number of carbonyl (C=O) groups is 1. The molecule has 80 valence electrons. The molecule has 1 aliphatic heterocycles. The monoisotopic (exact) mass is 200 g/mol. The molecule has 0 aromatic carbocycles. The van der Waals surface area contributed by atoms with Crippen molar-refractivity contribution in [1.82, 2.24) is 4.90 Å². The van der Waals surface area contributed by atoms with E-state index < -0.39 is 5.60 Å². The van der Waals surface area contributed by atoms with Crippen LogP contribution in [0, 0.1) is 0 Å². The SMILES string of the molecule is CC(C)(C)OC(=O)N1C=CC[C@H]1C[OH2+]. The average Bonchev–Trinajstić information content (AvgIpc) is 2.47. The number of ether oxygens (including phenoxy) is 1. The minimum absolute atomic E-state index is 0.0511. The molecule has 4 nitrogen and oxygen atoms in total. The van der Waals surface area contributed by atoms with Gasteiger partial charge in [-0.3, -0.25) is 4.90 Å². The summed E-state index contributed by atoms with van der Waals surface area (Å²) in [6, 6.07) is -0.0511. The molecule has 2 N–H and O–H groups in total. The zero-order valence-electron chi connectivity index (χ0n) is 8.91. The normalized spacial score (nSPS) is 21.4. The number of nitrogens with zero attached hydrogens (tertiary/aromatic N) is 1. The summed E-state index contributed by atoms with van der Waals surface area (Å²) in [4.78, 5) is 13.1. The fraction of sp³-hybridized carbons (Fsp3) is 0.700. The van der Waals surface area contributed by atoms with Crippen molar-refractivity contribution in [1.29, 1.82) is 0 Å². The van der Waals surface area contributed by atoms with Gasteiger partial charge in [-0.25, -0.2) is 4.79 Å². The molecule has 1 heterocycles. The van der Waals surface area contributed by atoms with Gasteiger partial charge in [0.05, 0.1) is 0 Å². The van der Waals surface area contributed by atoms with Crippen LogP contribution in [-0.4, -0.2) is 34.3 Å². The molecule has 0 spiro atoms. The Morgan fingerprint density at radius 3 is 2.79 bits per heavy atom. The summed E-state index contributed by atoms with van der Waals surface area (Å²) in [5.41, 5.74) is -0.472. The zero-order chi connectivity index (χ0) is 10.8. The van der Waals surface area contributed by atoms with Gasteiger partial charge in [-0.15, -0.1) is 0 Å². The molecule has 0 saturated carbocycles. The van der Waals surface area contributed by atoms with E-state index in [4.69, 9.17) is 9.84 Å². The van der Waals surface area contributed by atoms with E-state index in [2.05, 4.69) is 0 Å². The first kappa shape index (κ1) is 11.0. The maximum absolute atomic E-state index is 11.6. The number of carbonyl (C=O) groups excluding carboxylic acids is 1. The van der Waals surface area contributed by atoms with Gasteiger partial charge >= 0.3 is 6.09 Å². The van der Waals surface area contributed by atoms with Crippen LogP contribution in [0.5, 0.6) is 0 Å². The summed E-state index contributed by atoms with van der Waals surface area (Å²) >= 11 is 0. The Morgan fingerprint density at radius 2 is 2.29 bits per heavy atom. The molecule has 1 rings (SSSR count). The third kappa shape index (κ3) is 2.73. The maximum atomic E-state index is 11.6. The molecule has 0 aromatic heterocycles. The van der Waals surface area contributed by atoms with Crippen LogP contribution in [0.4, 0.5) is 4.79 Å². The second-order valence-electron chi connectivity index (χ2n) is 4.37. The van der Waals surface area contributed by atoms with Crippen LogP contribution in [-0.2, 0) is 4.74 Å². The Bertz CT molecular complexity index is 242. The number of rotatable bonds is 1. The van der Waals surface area contributed by atoms with Crippen LogP contribution in [0.25, 0.3) is 0 Å². The first-order valence-corrected chi connectivity index (χ1v) is 4.76. The molecule has 1 amide bonds. The second-order valence-corrected chi connectivity index (χ2v) is 4.37. The van der Waals surface area contributed by atoms with Crippen molar-refractivity contribution in [3.05, 3.63) is 12.3 Å². The maximum Gasteiger partial charge on any atom is 0.414 e. The fourth-order valence-corrected chi connectivity index (χ4v) is 1.27. The van der Waals surface area contributed by atoms with Crippen molar-refractivity contribution in [2.75, 3.05) is 6.61 Å². The third-order valence-corrected chi connectivity index (χ3v) is 1.91. The summed E-state index contributed by atoms with van der Waals surface area (Å²) < 4.78 is 5.21. The molecule has 0 aromatic rings. The van der Waals surface area contributed by atoms with Crippen molar-refractivity contribution in [2.24, 2.45) is 0 Å². The number of amides is 1. The third-order valence-electron chi connectivity index (χ3n) is 1.91. The molecule has 4 heteroatoms. The molecule has 0 aliphatic carbocycles. The van der Waals surface area contributed by atoms with Gasteiger partial charge in [-0.05, 0) is 27.2 Å². The number of hydrogen-bond donors (Lipinski definition) is 0. The fourth-order valence-electron chi connectivity index (χ4n) is 1.27. The van der Waals surface area contributed by atoms with Crippen molar-refractivity contribution in [3.8, 4) is 0 Å². The van der Waals surface area contributed by atoms with Gasteiger partial charge in [0.2, 0.25) is 0 Å². The van der Waals surface area contributed by atoms with E-state index in [9.17, 15) is 4.79 Å². The molecule has 0 bridgehead atoms. The van der Waals surface area contributed by atoms with Gasteiger partial charge < -0.3 is 9.84 Å². The van der Waals surface area contributed by atoms with Crippen LogP contribution in [0.1, 0.15) is 27.2 Å². The van der Waals surface area contributed by atoms with Crippen molar-refractivity contribution in [2.45, 2.75) is 38.8 Å². The Hall–Kier alpha value is -1.03. The summed E-state index contributed by atoms with van der Waals surface area (Å²) in [6.45, 7) is 5.72. The highest BCUT2D eigenvalue weighted by molar-refractivity contribution is 5.70. The largest absolute Gasteiger partial charge is 0.444 e. The van der Waals surface area contributed by atoms with E-state index >= 15 is 0 Å². The van der Waals surface area contributed by atoms with Crippen LogP contribution in [0.15, 0.2) is 12.3 Å². The van der Waals surface area contributed by atoms with Crippen LogP contribution >= 0.6 is 0 Å². The van der Waals surface area contributed by atoms with Gasteiger partial charge in [0.1, 0.15) is 11.6 Å². The van der Waals surface area contributed by atoms with Gasteiger partial charge in [-0.1, -0.05) is 6.08 Å². The summed E-state index contributed by atoms with van der Waals surface area (Å²) in [5.74, 6) is 0. The predicted molar refractivity (Wildman–Crippen MR) is 54.1 cm³/mol. The van der Waals surface area contributed by atoms with E-state index in [0.29, 0.717) is 0 Å². The predicted octanol–water partition coefficient (Wildman–Crippen LogP) is 1.23. The molecule has 0 unspecified atom stereocenters. The van der Waals surface area contributed by atoms with Crippen molar-refractivity contribution in [3.63, 3.8) is 0 Å². The van der Waals surface area contributed by atoms with Crippen LogP contribution in [0.2, 0.25) is 0 Å². The molecule has 1 atom stereocenters. The standard InChI is InChI=1S/C10H17NO3/c1-10(2,3)14-9(13)11-6-4-5-8(11)7-12/h4,6,8,12H,5,7H2,1-3H3/p+1/t8-/m0/s1. The Labute approximate surface area is 84.2 Å². The lowest BCUT2D eigenvalue weighted by molar-refractivity contribution is 0.0241. The molecule has 0 saturated heterocycles. The van der Waals surface area contributed by atoms with Gasteiger partial charge in [-0.2, -0.15) is 0 Å². The van der Waals surface area contributed by atoms with E-state index in [1.54, 1.807) is 6.20 Å². The lowest BCUT2D eigenvalue weighted by Crippen LogP contribution is -2.39. The molecule has 0 fully saturated rings. The lowest BCUT2D eigenvalue weighted by atomic mass is 10.2. The van der Waals surface area contributed by atoms with E-state index in [-0.39, 0.29) is 18.7 Å². The highest BCUT2D eigenvalue weighted by Gasteiger charge is 2.29. The van der Waals surface area contributed by atoms with Crippen LogP contribution < -0.4 is 0 Å². The van der Waals surface area contributed by atoms with Gasteiger partial charge in [0, 0.05) is 6.20 Å². The van der Waals surface area contributed by atoms with E-state index in [1.807, 2.05) is 26.8 Å². The first-order chi connectivity index (χ1) is 6.44. The minimum Gasteiger partial charge on any atom is -0.444 e. The highest BCUT2D eigenvalue weighted by atomic mass is 16.6. The Morgan fingerprint density at radius 1 is 1.64 bits per heavy atom. The van der Waals surface area contributed by atoms with Gasteiger partial charge in [0.15, 0.2) is 6.61 Å². The average molecular weight is 200 g/mol. The minimum atomic E-state index is -0.472. The quantitative estimate of drug-likeness (QED) is 0.598. The second kappa shape index (κ2) is 4.00. The smallest absolute Gasteiger partial charge is 0.414 e. The Balaban J connectivity index is 2.56. The highest BCUT2D eigenvalue weighted by Crippen LogP contribution is 2.18. The summed E-state index contributed by atoms with van der Waals surface area (Å²) in [6.07, 6.45) is 3.99. The van der Waals surface area contributed by atoms with Crippen LogP contribution in [0.3, 0.4) is 0 Å². The Kier molecular flexibility index (Phi) is 3.16. The van der Waals surface area contributed by atoms with E-state index in [0.717, 1.165) is 6.42 Å². The van der Waals surface area contributed by atoms with Crippen molar-refractivity contribution >= 4 is 6.09 Å².